The molecule has 4 nitrogen and oxygen atoms in total. The van der Waals surface area contributed by atoms with Crippen molar-refractivity contribution >= 4 is 16.7 Å². The number of carboxylic acids is 1. The fraction of sp³-hybridized carbons (Fsp3) is 0.207. The molecule has 172 valence electrons. The highest BCUT2D eigenvalue weighted by atomic mass is 19.1. The highest BCUT2D eigenvalue weighted by Gasteiger charge is 2.30. The molecule has 0 aromatic heterocycles. The summed E-state index contributed by atoms with van der Waals surface area (Å²) in [6, 6.07) is 26.6. The van der Waals surface area contributed by atoms with Crippen molar-refractivity contribution in [1.29, 1.82) is 0 Å². The highest BCUT2D eigenvalue weighted by molar-refractivity contribution is 5.88. The van der Waals surface area contributed by atoms with Crippen LogP contribution in [0.2, 0.25) is 0 Å². The molecule has 2 N–H and O–H groups in total. The van der Waals surface area contributed by atoms with Gasteiger partial charge in [0.1, 0.15) is 17.7 Å². The van der Waals surface area contributed by atoms with Gasteiger partial charge in [-0.05, 0) is 59.5 Å². The monoisotopic (exact) mass is 455 g/mol. The lowest BCUT2D eigenvalue weighted by atomic mass is 9.83. The van der Waals surface area contributed by atoms with Gasteiger partial charge < -0.3 is 15.2 Å². The molecule has 0 bridgehead atoms. The largest absolute Gasteiger partial charge is 0.489 e. The molecule has 34 heavy (non-hydrogen) atoms. The average Bonchev–Trinajstić information content (AvgIpc) is 2.86. The maximum absolute atomic E-state index is 14.3. The summed E-state index contributed by atoms with van der Waals surface area (Å²) in [5.74, 6) is -1.08. The van der Waals surface area contributed by atoms with Crippen molar-refractivity contribution in [3.63, 3.8) is 0 Å². The molecule has 0 fully saturated rings. The van der Waals surface area contributed by atoms with Crippen LogP contribution in [0.15, 0.2) is 84.9 Å². The Morgan fingerprint density at radius 3 is 2.68 bits per heavy atom. The number of halogens is 1. The van der Waals surface area contributed by atoms with Crippen molar-refractivity contribution in [3.05, 3.63) is 113 Å². The molecule has 5 rings (SSSR count). The second-order valence-corrected chi connectivity index (χ2v) is 8.84. The first-order valence-corrected chi connectivity index (χ1v) is 11.5. The van der Waals surface area contributed by atoms with Gasteiger partial charge in [-0.25, -0.2) is 9.18 Å². The Morgan fingerprint density at radius 2 is 1.82 bits per heavy atom. The second-order valence-electron chi connectivity index (χ2n) is 8.84. The zero-order valence-corrected chi connectivity index (χ0v) is 18.9. The summed E-state index contributed by atoms with van der Waals surface area (Å²) in [6.07, 6.45) is 0.475. The zero-order chi connectivity index (χ0) is 23.7. The summed E-state index contributed by atoms with van der Waals surface area (Å²) in [7, 11) is 0. The molecular weight excluding hydrogens is 429 g/mol. The number of hydrogen-bond acceptors (Lipinski definition) is 3. The molecule has 1 heterocycles. The molecule has 0 aliphatic carbocycles. The van der Waals surface area contributed by atoms with Crippen molar-refractivity contribution in [2.45, 2.75) is 31.4 Å². The first kappa shape index (κ1) is 22.1. The molecule has 0 radical (unpaired) electrons. The van der Waals surface area contributed by atoms with Crippen LogP contribution in [-0.2, 0) is 0 Å². The Hall–Kier alpha value is -3.70. The van der Waals surface area contributed by atoms with Gasteiger partial charge in [0, 0.05) is 24.1 Å². The number of rotatable bonds is 6. The summed E-state index contributed by atoms with van der Waals surface area (Å²) < 4.78 is 20.6. The number of nitrogens with one attached hydrogen (secondary N) is 1. The van der Waals surface area contributed by atoms with E-state index in [1.54, 1.807) is 6.07 Å². The number of carbonyl (C=O) groups is 1. The first-order chi connectivity index (χ1) is 16.5. The third-order valence-corrected chi connectivity index (χ3v) is 6.60. The van der Waals surface area contributed by atoms with Gasteiger partial charge in [0.2, 0.25) is 0 Å². The lowest BCUT2D eigenvalue weighted by Crippen LogP contribution is -2.37. The summed E-state index contributed by atoms with van der Waals surface area (Å²) in [5.41, 5.74) is 2.78. The summed E-state index contributed by atoms with van der Waals surface area (Å²) in [5, 5.41) is 15.4. The first-order valence-electron chi connectivity index (χ1n) is 11.5. The molecule has 0 saturated heterocycles. The quantitative estimate of drug-likeness (QED) is 0.358. The molecule has 0 saturated carbocycles. The fourth-order valence-electron chi connectivity index (χ4n) is 4.92. The van der Waals surface area contributed by atoms with E-state index in [-0.39, 0.29) is 23.6 Å². The van der Waals surface area contributed by atoms with Crippen LogP contribution in [0.3, 0.4) is 0 Å². The Labute approximate surface area is 198 Å². The predicted octanol–water partition coefficient (Wildman–Crippen LogP) is 6.31. The van der Waals surface area contributed by atoms with E-state index in [9.17, 15) is 14.3 Å². The van der Waals surface area contributed by atoms with Crippen molar-refractivity contribution in [2.24, 2.45) is 0 Å². The number of aromatic carboxylic acids is 1. The minimum atomic E-state index is -1.14. The maximum atomic E-state index is 14.3. The van der Waals surface area contributed by atoms with Crippen LogP contribution in [0.1, 0.15) is 52.4 Å². The maximum Gasteiger partial charge on any atom is 0.335 e. The average molecular weight is 456 g/mol. The summed E-state index contributed by atoms with van der Waals surface area (Å²) in [4.78, 5) is 11.5. The molecule has 1 aliphatic heterocycles. The number of hydrogen-bond donors (Lipinski definition) is 2. The van der Waals surface area contributed by atoms with Gasteiger partial charge in [-0.1, -0.05) is 60.7 Å². The Kier molecular flexibility index (Phi) is 6.03. The van der Waals surface area contributed by atoms with Crippen LogP contribution in [0.25, 0.3) is 10.8 Å². The van der Waals surface area contributed by atoms with Crippen LogP contribution >= 0.6 is 0 Å². The third-order valence-electron chi connectivity index (χ3n) is 6.60. The van der Waals surface area contributed by atoms with Gasteiger partial charge in [-0.3, -0.25) is 0 Å². The minimum absolute atomic E-state index is 0.0433. The van der Waals surface area contributed by atoms with Gasteiger partial charge in [0.15, 0.2) is 0 Å². The molecule has 0 unspecified atom stereocenters. The highest BCUT2D eigenvalue weighted by Crippen LogP contribution is 2.40. The molecular formula is C29H26FNO3. The lowest BCUT2D eigenvalue weighted by molar-refractivity contribution is 0.0696. The van der Waals surface area contributed by atoms with Gasteiger partial charge >= 0.3 is 5.97 Å². The topological polar surface area (TPSA) is 58.6 Å². The number of ether oxygens (including phenoxy) is 1. The van der Waals surface area contributed by atoms with Crippen molar-refractivity contribution in [3.8, 4) is 5.75 Å². The van der Waals surface area contributed by atoms with Crippen LogP contribution in [0.5, 0.6) is 5.75 Å². The number of benzene rings is 4. The number of carboxylic acid groups (broad SMARTS) is 1. The van der Waals surface area contributed by atoms with Gasteiger partial charge in [-0.2, -0.15) is 0 Å². The number of fused-ring (bicyclic) bond motifs is 2. The van der Waals surface area contributed by atoms with E-state index in [0.717, 1.165) is 17.4 Å². The molecule has 4 aromatic rings. The van der Waals surface area contributed by atoms with E-state index in [1.165, 1.54) is 22.4 Å². The molecule has 0 amide bonds. The van der Waals surface area contributed by atoms with Crippen LogP contribution in [0.4, 0.5) is 4.39 Å². The van der Waals surface area contributed by atoms with Gasteiger partial charge in [0.05, 0.1) is 5.56 Å². The van der Waals surface area contributed by atoms with Crippen molar-refractivity contribution in [1.82, 2.24) is 5.32 Å². The van der Waals surface area contributed by atoms with Crippen LogP contribution < -0.4 is 10.1 Å². The van der Waals surface area contributed by atoms with Crippen LogP contribution in [-0.4, -0.2) is 23.7 Å². The van der Waals surface area contributed by atoms with E-state index < -0.39 is 11.8 Å². The van der Waals surface area contributed by atoms with E-state index in [2.05, 4.69) is 48.6 Å². The lowest BCUT2D eigenvalue weighted by Gasteiger charge is -2.33. The zero-order valence-electron chi connectivity index (χ0n) is 18.9. The SMILES string of the molecule is C[C@@H](NC[C@H]1C[C@@H](c2cc(F)cc(C(=O)O)c2)c2ccccc2O1)c1cccc2ccccc12. The van der Waals surface area contributed by atoms with Gasteiger partial charge in [-0.15, -0.1) is 0 Å². The van der Waals surface area contributed by atoms with Crippen molar-refractivity contribution < 1.29 is 19.0 Å². The van der Waals surface area contributed by atoms with E-state index >= 15 is 0 Å². The smallest absolute Gasteiger partial charge is 0.335 e. The van der Waals surface area contributed by atoms with Gasteiger partial charge in [0.25, 0.3) is 0 Å². The normalized spacial score (nSPS) is 18.2. The molecule has 0 spiro atoms. The third kappa shape index (κ3) is 4.39. The molecule has 3 atom stereocenters. The summed E-state index contributed by atoms with van der Waals surface area (Å²) >= 11 is 0. The number of para-hydroxylation sites is 1. The Bertz CT molecular complexity index is 1350. The molecule has 1 aliphatic rings. The fourth-order valence-corrected chi connectivity index (χ4v) is 4.92. The van der Waals surface area contributed by atoms with E-state index in [1.807, 2.05) is 30.3 Å². The summed E-state index contributed by atoms with van der Waals surface area (Å²) in [6.45, 7) is 2.75. The van der Waals surface area contributed by atoms with Crippen LogP contribution in [0, 0.1) is 5.82 Å². The minimum Gasteiger partial charge on any atom is -0.489 e. The Balaban J connectivity index is 1.39. The standard InChI is InChI=1S/C29H26FNO3/c1-18(24-11-6-8-19-7-2-3-9-25(19)24)31-17-23-16-27(26-10-4-5-12-28(26)34-23)20-13-21(29(32)33)15-22(30)14-20/h2-15,18,23,27,31H,16-17H2,1H3,(H,32,33)/t18-,23-,27+/m1/s1. The van der Waals surface area contributed by atoms with E-state index in [4.69, 9.17) is 4.74 Å². The Morgan fingerprint density at radius 1 is 1.06 bits per heavy atom. The second kappa shape index (κ2) is 9.27. The van der Waals surface area contributed by atoms with Crippen molar-refractivity contribution in [2.75, 3.05) is 6.54 Å². The predicted molar refractivity (Wildman–Crippen MR) is 131 cm³/mol. The molecule has 5 heteroatoms. The van der Waals surface area contributed by atoms with E-state index in [0.29, 0.717) is 18.5 Å². The molecule has 4 aromatic carbocycles.